The van der Waals surface area contributed by atoms with Gasteiger partial charge in [0, 0.05) is 0 Å². The number of benzene rings is 2. The summed E-state index contributed by atoms with van der Waals surface area (Å²) < 4.78 is 0. The summed E-state index contributed by atoms with van der Waals surface area (Å²) in [5, 5.41) is 3.79. The van der Waals surface area contributed by atoms with Crippen molar-refractivity contribution in [3.63, 3.8) is 0 Å². The van der Waals surface area contributed by atoms with E-state index in [1.165, 1.54) is 10.8 Å². The first kappa shape index (κ1) is 21.6. The van der Waals surface area contributed by atoms with Gasteiger partial charge >= 0.3 is 26.2 Å². The van der Waals surface area contributed by atoms with E-state index in [9.17, 15) is 0 Å². The Balaban J connectivity index is 0.000000315. The molecular weight excluding hydrogens is 372 g/mol. The van der Waals surface area contributed by atoms with Crippen molar-refractivity contribution in [1.82, 2.24) is 0 Å². The van der Waals surface area contributed by atoms with Crippen LogP contribution in [0.2, 0.25) is 0 Å². The van der Waals surface area contributed by atoms with Crippen LogP contribution in [0.4, 0.5) is 0 Å². The van der Waals surface area contributed by atoms with Crippen LogP contribution in [0.1, 0.15) is 6.42 Å². The van der Waals surface area contributed by atoms with Crippen LogP contribution in [0, 0.1) is 13.5 Å². The molecule has 0 bridgehead atoms. The molecule has 0 heterocycles. The summed E-state index contributed by atoms with van der Waals surface area (Å²) in [6.45, 7) is 0. The summed E-state index contributed by atoms with van der Waals surface area (Å²) in [4.78, 5) is 0. The SMILES string of the molecule is [C-]1=CC=CC1.[CH3-].[Si]c1ccccc1.[Zr+3].c1ccc2[cH-]ccc2c1. The van der Waals surface area contributed by atoms with Crippen molar-refractivity contribution in [3.8, 4) is 0 Å². The van der Waals surface area contributed by atoms with E-state index in [1.807, 2.05) is 42.5 Å². The van der Waals surface area contributed by atoms with Gasteiger partial charge in [-0.15, -0.1) is 36.1 Å². The smallest absolute Gasteiger partial charge is 0.358 e. The predicted molar refractivity (Wildman–Crippen MR) is 99.4 cm³/mol. The number of allylic oxidation sites excluding steroid dienone is 4. The Morgan fingerprint density at radius 2 is 1.61 bits per heavy atom. The topological polar surface area (TPSA) is 0 Å². The van der Waals surface area contributed by atoms with Gasteiger partial charge in [0.15, 0.2) is 0 Å². The second-order valence-corrected chi connectivity index (χ2v) is 5.10. The number of hydrogen-bond acceptors (Lipinski definition) is 0. The molecule has 0 nitrogen and oxygen atoms in total. The molecule has 0 saturated heterocycles. The van der Waals surface area contributed by atoms with Crippen LogP contribution in [0.15, 0.2) is 91.0 Å². The average Bonchev–Trinajstić information content (AvgIpc) is 3.23. The van der Waals surface area contributed by atoms with E-state index in [0.29, 0.717) is 0 Å². The Morgan fingerprint density at radius 3 is 2.09 bits per heavy atom. The Morgan fingerprint density at radius 1 is 0.913 bits per heavy atom. The van der Waals surface area contributed by atoms with Gasteiger partial charge in [-0.25, -0.2) is 12.2 Å². The molecule has 1 aliphatic carbocycles. The van der Waals surface area contributed by atoms with E-state index in [-0.39, 0.29) is 33.6 Å². The molecule has 0 aliphatic heterocycles. The predicted octanol–water partition coefficient (Wildman–Crippen LogP) is 4.79. The fourth-order valence-electron chi connectivity index (χ4n) is 1.85. The molecule has 0 unspecified atom stereocenters. The minimum Gasteiger partial charge on any atom is -0.358 e. The van der Waals surface area contributed by atoms with Crippen molar-refractivity contribution >= 4 is 26.2 Å². The maximum Gasteiger partial charge on any atom is 3.00 e. The van der Waals surface area contributed by atoms with Crippen LogP contribution in [-0.2, 0) is 26.2 Å². The second-order valence-electron chi connectivity index (χ2n) is 4.52. The van der Waals surface area contributed by atoms with Crippen molar-refractivity contribution in [3.05, 3.63) is 105 Å². The average molecular weight is 392 g/mol. The zero-order valence-corrected chi connectivity index (χ0v) is 16.8. The van der Waals surface area contributed by atoms with E-state index in [0.717, 1.165) is 11.6 Å². The molecule has 0 fully saturated rings. The fourth-order valence-corrected chi connectivity index (χ4v) is 2.04. The molecule has 4 radical (unpaired) electrons. The van der Waals surface area contributed by atoms with Crippen LogP contribution in [0.5, 0.6) is 0 Å². The van der Waals surface area contributed by atoms with Gasteiger partial charge < -0.3 is 7.43 Å². The van der Waals surface area contributed by atoms with Crippen molar-refractivity contribution < 1.29 is 26.2 Å². The molecule has 1 aliphatic rings. The molecular formula is C21H20SiZr. The zero-order valence-electron chi connectivity index (χ0n) is 13.4. The Bertz CT molecular complexity index is 656. The molecule has 0 saturated carbocycles. The van der Waals surface area contributed by atoms with Crippen molar-refractivity contribution in [2.45, 2.75) is 6.42 Å². The normalized spacial score (nSPS) is 10.5. The van der Waals surface area contributed by atoms with Crippen molar-refractivity contribution in [2.75, 3.05) is 0 Å². The van der Waals surface area contributed by atoms with E-state index >= 15 is 0 Å². The summed E-state index contributed by atoms with van der Waals surface area (Å²) >= 11 is 0. The summed E-state index contributed by atoms with van der Waals surface area (Å²) in [6.07, 6.45) is 10.0. The molecule has 0 atom stereocenters. The monoisotopic (exact) mass is 390 g/mol. The maximum atomic E-state index is 3.36. The standard InChI is InChI=1S/C9H7.C6H5Si.C5H5.CH3.Zr/c1-2-5-9-7-3-6-8(9)4-1;7-6-4-2-1-3-5-6;1-2-4-5-3-1;;/h1-7H;1-5H;1-3H,4H2;1H3;/q-1;;2*-1;+3. The van der Waals surface area contributed by atoms with Crippen molar-refractivity contribution in [2.24, 2.45) is 0 Å². The van der Waals surface area contributed by atoms with Gasteiger partial charge in [0.05, 0.1) is 10.2 Å². The second kappa shape index (κ2) is 13.1. The maximum absolute atomic E-state index is 3.36. The number of hydrogen-bond donors (Lipinski definition) is 0. The van der Waals surface area contributed by atoms with Crippen molar-refractivity contribution in [1.29, 1.82) is 0 Å². The third-order valence-electron chi connectivity index (χ3n) is 2.91. The van der Waals surface area contributed by atoms with E-state index in [4.69, 9.17) is 0 Å². The third kappa shape index (κ3) is 8.74. The van der Waals surface area contributed by atoms with Gasteiger partial charge in [-0.3, -0.25) is 6.08 Å². The largest absolute Gasteiger partial charge is 3.00 e. The molecule has 3 aromatic carbocycles. The fraction of sp³-hybridized carbons (Fsp3) is 0.0476. The quantitative estimate of drug-likeness (QED) is 0.382. The minimum atomic E-state index is 0. The molecule has 2 heteroatoms. The molecule has 0 aromatic heterocycles. The van der Waals surface area contributed by atoms with Gasteiger partial charge in [-0.1, -0.05) is 41.6 Å². The first-order valence-corrected chi connectivity index (χ1v) is 7.45. The molecule has 23 heavy (non-hydrogen) atoms. The van der Waals surface area contributed by atoms with Gasteiger partial charge in [0.1, 0.15) is 0 Å². The Labute approximate surface area is 162 Å². The van der Waals surface area contributed by atoms with E-state index in [1.54, 1.807) is 0 Å². The van der Waals surface area contributed by atoms with Crippen LogP contribution in [0.3, 0.4) is 0 Å². The van der Waals surface area contributed by atoms with Gasteiger partial charge in [0.2, 0.25) is 0 Å². The molecule has 0 spiro atoms. The summed E-state index contributed by atoms with van der Waals surface area (Å²) in [5.41, 5.74) is 0. The first-order valence-electron chi connectivity index (χ1n) is 6.95. The van der Waals surface area contributed by atoms with Crippen LogP contribution < -0.4 is 5.19 Å². The number of fused-ring (bicyclic) bond motifs is 1. The minimum absolute atomic E-state index is 0. The summed E-state index contributed by atoms with van der Waals surface area (Å²) in [6, 6.07) is 24.6. The third-order valence-corrected chi connectivity index (χ3v) is 3.24. The molecule has 112 valence electrons. The number of rotatable bonds is 0. The summed E-state index contributed by atoms with van der Waals surface area (Å²) in [7, 11) is 3.36. The summed E-state index contributed by atoms with van der Waals surface area (Å²) in [5.74, 6) is 0. The molecule has 3 aromatic rings. The Kier molecular flexibility index (Phi) is 12.3. The van der Waals surface area contributed by atoms with Gasteiger partial charge in [0.25, 0.3) is 0 Å². The van der Waals surface area contributed by atoms with Crippen LogP contribution >= 0.6 is 0 Å². The first-order chi connectivity index (χ1) is 10.4. The molecule has 4 rings (SSSR count). The molecule has 0 amide bonds. The zero-order chi connectivity index (χ0) is 14.8. The van der Waals surface area contributed by atoms with E-state index in [2.05, 4.69) is 64.9 Å². The van der Waals surface area contributed by atoms with Gasteiger partial charge in [-0.05, 0) is 0 Å². The van der Waals surface area contributed by atoms with Crippen LogP contribution in [-0.4, -0.2) is 10.2 Å². The van der Waals surface area contributed by atoms with E-state index < -0.39 is 0 Å². The Hall–Kier alpha value is -1.37. The van der Waals surface area contributed by atoms with Crippen LogP contribution in [0.25, 0.3) is 10.8 Å². The molecule has 0 N–H and O–H groups in total. The van der Waals surface area contributed by atoms with Gasteiger partial charge in [-0.2, -0.15) is 23.6 Å².